The number of aromatic amines is 1. The second kappa shape index (κ2) is 6.01. The maximum Gasteiger partial charge on any atom is 0.0794 e. The molecule has 0 saturated carbocycles. The summed E-state index contributed by atoms with van der Waals surface area (Å²) in [5.41, 5.74) is 3.96. The number of hydrogen-bond acceptors (Lipinski definition) is 3. The van der Waals surface area contributed by atoms with E-state index in [1.165, 1.54) is 42.6 Å². The van der Waals surface area contributed by atoms with E-state index in [0.717, 1.165) is 25.9 Å². The van der Waals surface area contributed by atoms with Gasteiger partial charge in [-0.15, -0.1) is 0 Å². The van der Waals surface area contributed by atoms with Gasteiger partial charge in [0, 0.05) is 18.8 Å². The standard InChI is InChI=1S/C12H21N3O/c16-8-4-7-13-9-12-10-5-2-1-3-6-11(10)14-15-12/h13,16H,1-9H2,(H,14,15). The van der Waals surface area contributed by atoms with Gasteiger partial charge >= 0.3 is 0 Å². The predicted molar refractivity (Wildman–Crippen MR) is 63.3 cm³/mol. The second-order valence-corrected chi connectivity index (χ2v) is 4.44. The van der Waals surface area contributed by atoms with Crippen molar-refractivity contribution in [3.05, 3.63) is 17.0 Å². The van der Waals surface area contributed by atoms with E-state index < -0.39 is 0 Å². The summed E-state index contributed by atoms with van der Waals surface area (Å²) < 4.78 is 0. The molecule has 0 spiro atoms. The molecule has 90 valence electrons. The number of aryl methyl sites for hydroxylation is 1. The third-order valence-corrected chi connectivity index (χ3v) is 3.20. The SMILES string of the molecule is OCCCNCc1n[nH]c2c1CCCCC2. The quantitative estimate of drug-likeness (QED) is 0.518. The smallest absolute Gasteiger partial charge is 0.0794 e. The highest BCUT2D eigenvalue weighted by Crippen LogP contribution is 2.21. The summed E-state index contributed by atoms with van der Waals surface area (Å²) in [5, 5.41) is 19.6. The first kappa shape index (κ1) is 11.6. The molecule has 1 aromatic rings. The van der Waals surface area contributed by atoms with Crippen LogP contribution in [-0.4, -0.2) is 28.5 Å². The molecule has 1 aliphatic rings. The summed E-state index contributed by atoms with van der Waals surface area (Å²) in [4.78, 5) is 0. The highest BCUT2D eigenvalue weighted by atomic mass is 16.3. The Balaban J connectivity index is 1.91. The molecule has 0 unspecified atom stereocenters. The van der Waals surface area contributed by atoms with E-state index in [1.54, 1.807) is 0 Å². The maximum absolute atomic E-state index is 8.69. The molecular formula is C12H21N3O. The molecule has 16 heavy (non-hydrogen) atoms. The minimum absolute atomic E-state index is 0.256. The first-order valence-corrected chi connectivity index (χ1v) is 6.28. The van der Waals surface area contributed by atoms with Crippen LogP contribution in [0.25, 0.3) is 0 Å². The highest BCUT2D eigenvalue weighted by molar-refractivity contribution is 5.26. The zero-order chi connectivity index (χ0) is 11.2. The van der Waals surface area contributed by atoms with Crippen molar-refractivity contribution in [2.24, 2.45) is 0 Å². The van der Waals surface area contributed by atoms with Gasteiger partial charge in [-0.05, 0) is 44.2 Å². The molecule has 1 heterocycles. The first-order valence-electron chi connectivity index (χ1n) is 6.28. The number of aliphatic hydroxyl groups is 1. The van der Waals surface area contributed by atoms with E-state index in [1.807, 2.05) is 0 Å². The van der Waals surface area contributed by atoms with Crippen molar-refractivity contribution in [3.63, 3.8) is 0 Å². The number of H-pyrrole nitrogens is 1. The topological polar surface area (TPSA) is 60.9 Å². The van der Waals surface area contributed by atoms with Gasteiger partial charge in [0.2, 0.25) is 0 Å². The fraction of sp³-hybridized carbons (Fsp3) is 0.750. The van der Waals surface area contributed by atoms with Crippen molar-refractivity contribution < 1.29 is 5.11 Å². The molecule has 0 radical (unpaired) electrons. The summed E-state index contributed by atoms with van der Waals surface area (Å²) in [7, 11) is 0. The van der Waals surface area contributed by atoms with Gasteiger partial charge in [-0.1, -0.05) is 6.42 Å². The summed E-state index contributed by atoms with van der Waals surface area (Å²) >= 11 is 0. The number of hydrogen-bond donors (Lipinski definition) is 3. The maximum atomic E-state index is 8.69. The Morgan fingerprint density at radius 1 is 1.25 bits per heavy atom. The summed E-state index contributed by atoms with van der Waals surface area (Å²) in [6, 6.07) is 0. The molecule has 3 N–H and O–H groups in total. The Labute approximate surface area is 96.5 Å². The van der Waals surface area contributed by atoms with Crippen LogP contribution in [0.4, 0.5) is 0 Å². The lowest BCUT2D eigenvalue weighted by Crippen LogP contribution is -2.17. The minimum atomic E-state index is 0.256. The molecule has 0 fully saturated rings. The number of fused-ring (bicyclic) bond motifs is 1. The van der Waals surface area contributed by atoms with Gasteiger partial charge in [0.1, 0.15) is 0 Å². The van der Waals surface area contributed by atoms with Crippen molar-refractivity contribution in [1.29, 1.82) is 0 Å². The Morgan fingerprint density at radius 2 is 2.12 bits per heavy atom. The number of nitrogens with zero attached hydrogens (tertiary/aromatic N) is 1. The third kappa shape index (κ3) is 2.83. The van der Waals surface area contributed by atoms with Gasteiger partial charge in [0.25, 0.3) is 0 Å². The lowest BCUT2D eigenvalue weighted by Gasteiger charge is -2.03. The van der Waals surface area contributed by atoms with E-state index in [4.69, 9.17) is 5.11 Å². The van der Waals surface area contributed by atoms with E-state index in [-0.39, 0.29) is 6.61 Å². The van der Waals surface area contributed by atoms with Gasteiger partial charge < -0.3 is 10.4 Å². The fourth-order valence-corrected chi connectivity index (χ4v) is 2.28. The third-order valence-electron chi connectivity index (χ3n) is 3.20. The van der Waals surface area contributed by atoms with Gasteiger partial charge in [-0.3, -0.25) is 5.10 Å². The Kier molecular flexibility index (Phi) is 4.36. The monoisotopic (exact) mass is 223 g/mol. The minimum Gasteiger partial charge on any atom is -0.396 e. The van der Waals surface area contributed by atoms with Crippen LogP contribution in [0.5, 0.6) is 0 Å². The lowest BCUT2D eigenvalue weighted by molar-refractivity contribution is 0.286. The Hall–Kier alpha value is -0.870. The molecule has 4 nitrogen and oxygen atoms in total. The van der Waals surface area contributed by atoms with Crippen molar-refractivity contribution in [3.8, 4) is 0 Å². The number of aromatic nitrogens is 2. The summed E-state index contributed by atoms with van der Waals surface area (Å²) in [5.74, 6) is 0. The lowest BCUT2D eigenvalue weighted by atomic mass is 10.1. The van der Waals surface area contributed by atoms with Crippen LogP contribution in [0.1, 0.15) is 42.6 Å². The van der Waals surface area contributed by atoms with Crippen LogP contribution in [0.3, 0.4) is 0 Å². The first-order chi connectivity index (χ1) is 7.92. The van der Waals surface area contributed by atoms with Crippen molar-refractivity contribution in [2.45, 2.75) is 45.1 Å². The van der Waals surface area contributed by atoms with Crippen molar-refractivity contribution >= 4 is 0 Å². The number of nitrogens with one attached hydrogen (secondary N) is 2. The average Bonchev–Trinajstić information content (AvgIpc) is 2.54. The number of rotatable bonds is 5. The molecule has 4 heteroatoms. The molecule has 0 bridgehead atoms. The predicted octanol–water partition coefficient (Wildman–Crippen LogP) is 1.15. The molecule has 0 aromatic carbocycles. The van der Waals surface area contributed by atoms with Crippen molar-refractivity contribution in [1.82, 2.24) is 15.5 Å². The van der Waals surface area contributed by atoms with Crippen LogP contribution in [0, 0.1) is 0 Å². The fourth-order valence-electron chi connectivity index (χ4n) is 2.28. The average molecular weight is 223 g/mol. The largest absolute Gasteiger partial charge is 0.396 e. The zero-order valence-electron chi connectivity index (χ0n) is 9.76. The van der Waals surface area contributed by atoms with Crippen LogP contribution < -0.4 is 5.32 Å². The normalized spacial score (nSPS) is 15.8. The molecule has 2 rings (SSSR count). The van der Waals surface area contributed by atoms with Crippen LogP contribution >= 0.6 is 0 Å². The second-order valence-electron chi connectivity index (χ2n) is 4.44. The van der Waals surface area contributed by atoms with Gasteiger partial charge in [-0.25, -0.2) is 0 Å². The molecular weight excluding hydrogens is 202 g/mol. The van der Waals surface area contributed by atoms with Crippen LogP contribution in [-0.2, 0) is 19.4 Å². The summed E-state index contributed by atoms with van der Waals surface area (Å²) in [6.45, 7) is 1.94. The van der Waals surface area contributed by atoms with Gasteiger partial charge in [0.15, 0.2) is 0 Å². The molecule has 0 atom stereocenters. The van der Waals surface area contributed by atoms with Gasteiger partial charge in [-0.2, -0.15) is 5.10 Å². The van der Waals surface area contributed by atoms with E-state index in [2.05, 4.69) is 15.5 Å². The van der Waals surface area contributed by atoms with Crippen molar-refractivity contribution in [2.75, 3.05) is 13.2 Å². The summed E-state index contributed by atoms with van der Waals surface area (Å²) in [6.07, 6.45) is 7.04. The van der Waals surface area contributed by atoms with Crippen LogP contribution in [0.15, 0.2) is 0 Å². The molecule has 0 saturated heterocycles. The Bertz CT molecular complexity index is 322. The van der Waals surface area contributed by atoms with Crippen LogP contribution in [0.2, 0.25) is 0 Å². The molecule has 1 aromatic heterocycles. The van der Waals surface area contributed by atoms with E-state index in [9.17, 15) is 0 Å². The number of aliphatic hydroxyl groups excluding tert-OH is 1. The molecule has 1 aliphatic carbocycles. The van der Waals surface area contributed by atoms with E-state index in [0.29, 0.717) is 0 Å². The zero-order valence-corrected chi connectivity index (χ0v) is 9.76. The van der Waals surface area contributed by atoms with E-state index >= 15 is 0 Å². The highest BCUT2D eigenvalue weighted by Gasteiger charge is 2.14. The Morgan fingerprint density at radius 3 is 3.00 bits per heavy atom. The van der Waals surface area contributed by atoms with Gasteiger partial charge in [0.05, 0.1) is 5.69 Å². The molecule has 0 aliphatic heterocycles. The molecule has 0 amide bonds.